The molecule has 16 heavy (non-hydrogen) atoms. The smallest absolute Gasteiger partial charge is 0.267 e. The minimum Gasteiger partial charge on any atom is -0.364 e. The molecule has 0 fully saturated rings. The number of fused-ring (bicyclic) bond motifs is 3. The highest BCUT2D eigenvalue weighted by atomic mass is 16.1. The number of rotatable bonds is 1. The van der Waals surface area contributed by atoms with Gasteiger partial charge in [-0.05, 0) is 18.2 Å². The standard InChI is InChI=1S/C10H7N5O/c11-8(16)7-3-5-13-10-6-2-1-4-12-9(6)14-15(7)10/h1-5H,(H2,11,16). The summed E-state index contributed by atoms with van der Waals surface area (Å²) in [5.41, 5.74) is 6.68. The fourth-order valence-electron chi connectivity index (χ4n) is 1.64. The Hall–Kier alpha value is -2.50. The maximum absolute atomic E-state index is 11.2. The van der Waals surface area contributed by atoms with E-state index >= 15 is 0 Å². The van der Waals surface area contributed by atoms with Crippen molar-refractivity contribution in [2.24, 2.45) is 5.73 Å². The number of hydrogen-bond acceptors (Lipinski definition) is 4. The van der Waals surface area contributed by atoms with E-state index in [1.807, 2.05) is 6.07 Å². The van der Waals surface area contributed by atoms with E-state index in [0.29, 0.717) is 17.0 Å². The molecule has 0 radical (unpaired) electrons. The number of primary amides is 1. The normalized spacial score (nSPS) is 11.0. The van der Waals surface area contributed by atoms with Crippen LogP contribution in [-0.2, 0) is 0 Å². The predicted molar refractivity (Wildman–Crippen MR) is 56.8 cm³/mol. The summed E-state index contributed by atoms with van der Waals surface area (Å²) in [5, 5.41) is 4.98. The predicted octanol–water partition coefficient (Wildman–Crippen LogP) is 0.376. The van der Waals surface area contributed by atoms with Gasteiger partial charge in [0.05, 0.1) is 5.39 Å². The number of pyridine rings is 1. The highest BCUT2D eigenvalue weighted by Crippen LogP contribution is 2.15. The second-order valence-corrected chi connectivity index (χ2v) is 3.30. The molecule has 0 bridgehead atoms. The van der Waals surface area contributed by atoms with Crippen molar-refractivity contribution in [3.05, 3.63) is 36.3 Å². The van der Waals surface area contributed by atoms with Gasteiger partial charge in [0.25, 0.3) is 5.91 Å². The van der Waals surface area contributed by atoms with Crippen LogP contribution in [0.3, 0.4) is 0 Å². The molecular formula is C10H7N5O. The van der Waals surface area contributed by atoms with Crippen LogP contribution in [0, 0.1) is 0 Å². The number of carbonyl (C=O) groups excluding carboxylic acids is 1. The zero-order valence-electron chi connectivity index (χ0n) is 8.16. The minimum atomic E-state index is -0.541. The van der Waals surface area contributed by atoms with Crippen molar-refractivity contribution in [1.29, 1.82) is 0 Å². The molecule has 2 N–H and O–H groups in total. The Labute approximate surface area is 89.7 Å². The molecule has 0 aromatic carbocycles. The molecule has 6 heteroatoms. The van der Waals surface area contributed by atoms with Crippen LogP contribution in [0.4, 0.5) is 0 Å². The van der Waals surface area contributed by atoms with Gasteiger partial charge in [-0.15, -0.1) is 5.10 Å². The zero-order chi connectivity index (χ0) is 11.1. The van der Waals surface area contributed by atoms with Crippen LogP contribution in [0.25, 0.3) is 16.7 Å². The minimum absolute atomic E-state index is 0.294. The van der Waals surface area contributed by atoms with Gasteiger partial charge >= 0.3 is 0 Å². The monoisotopic (exact) mass is 213 g/mol. The van der Waals surface area contributed by atoms with Gasteiger partial charge in [0.15, 0.2) is 11.3 Å². The molecule has 3 heterocycles. The van der Waals surface area contributed by atoms with Crippen LogP contribution in [0.2, 0.25) is 0 Å². The fourth-order valence-corrected chi connectivity index (χ4v) is 1.64. The van der Waals surface area contributed by atoms with Crippen LogP contribution in [-0.4, -0.2) is 25.5 Å². The van der Waals surface area contributed by atoms with E-state index in [2.05, 4.69) is 15.1 Å². The van der Waals surface area contributed by atoms with E-state index in [1.54, 1.807) is 12.3 Å². The third-order valence-corrected chi connectivity index (χ3v) is 2.33. The molecule has 3 rings (SSSR count). The average Bonchev–Trinajstić information content (AvgIpc) is 2.67. The van der Waals surface area contributed by atoms with Crippen LogP contribution < -0.4 is 5.73 Å². The van der Waals surface area contributed by atoms with Gasteiger partial charge in [0.2, 0.25) is 0 Å². The van der Waals surface area contributed by atoms with Crippen LogP contribution in [0.5, 0.6) is 0 Å². The van der Waals surface area contributed by atoms with Crippen molar-refractivity contribution in [2.75, 3.05) is 0 Å². The summed E-state index contributed by atoms with van der Waals surface area (Å²) in [6.45, 7) is 0. The molecule has 0 unspecified atom stereocenters. The van der Waals surface area contributed by atoms with E-state index in [-0.39, 0.29) is 0 Å². The number of carbonyl (C=O) groups is 1. The lowest BCUT2D eigenvalue weighted by Gasteiger charge is -1.97. The van der Waals surface area contributed by atoms with Gasteiger partial charge < -0.3 is 5.73 Å². The summed E-state index contributed by atoms with van der Waals surface area (Å²) in [7, 11) is 0. The lowest BCUT2D eigenvalue weighted by Crippen LogP contribution is -2.16. The molecular weight excluding hydrogens is 206 g/mol. The maximum atomic E-state index is 11.2. The number of nitrogens with two attached hydrogens (primary N) is 1. The quantitative estimate of drug-likeness (QED) is 0.633. The lowest BCUT2D eigenvalue weighted by molar-refractivity contribution is 0.0993. The van der Waals surface area contributed by atoms with Gasteiger partial charge in [0.1, 0.15) is 5.69 Å². The SMILES string of the molecule is NC(=O)c1ccnc2c3cccnc3nn12. The lowest BCUT2D eigenvalue weighted by atomic mass is 10.3. The molecule has 6 nitrogen and oxygen atoms in total. The Bertz CT molecular complexity index is 703. The van der Waals surface area contributed by atoms with Crippen molar-refractivity contribution in [3.8, 4) is 0 Å². The molecule has 1 amide bonds. The zero-order valence-corrected chi connectivity index (χ0v) is 8.16. The Kier molecular flexibility index (Phi) is 1.64. The first-order valence-electron chi connectivity index (χ1n) is 4.65. The van der Waals surface area contributed by atoms with Gasteiger partial charge in [-0.3, -0.25) is 4.79 Å². The number of aromatic nitrogens is 4. The van der Waals surface area contributed by atoms with E-state index in [4.69, 9.17) is 5.73 Å². The molecule has 78 valence electrons. The highest BCUT2D eigenvalue weighted by molar-refractivity contribution is 5.95. The molecule has 0 atom stereocenters. The molecule has 0 aliphatic rings. The van der Waals surface area contributed by atoms with Gasteiger partial charge in [-0.2, -0.15) is 0 Å². The Balaban J connectivity index is 2.54. The van der Waals surface area contributed by atoms with Crippen molar-refractivity contribution < 1.29 is 4.79 Å². The second kappa shape index (κ2) is 2.99. The second-order valence-electron chi connectivity index (χ2n) is 3.30. The first-order valence-corrected chi connectivity index (χ1v) is 4.65. The largest absolute Gasteiger partial charge is 0.364 e. The van der Waals surface area contributed by atoms with Gasteiger partial charge in [0, 0.05) is 12.4 Å². The van der Waals surface area contributed by atoms with E-state index in [0.717, 1.165) is 5.39 Å². The summed E-state index contributed by atoms with van der Waals surface area (Å²) in [4.78, 5) is 19.5. The van der Waals surface area contributed by atoms with E-state index in [1.165, 1.54) is 16.8 Å². The maximum Gasteiger partial charge on any atom is 0.267 e. The van der Waals surface area contributed by atoms with Crippen molar-refractivity contribution in [1.82, 2.24) is 19.6 Å². The number of hydrogen-bond donors (Lipinski definition) is 1. The molecule has 0 saturated carbocycles. The van der Waals surface area contributed by atoms with Gasteiger partial charge in [-0.25, -0.2) is 14.5 Å². The topological polar surface area (TPSA) is 86.2 Å². The molecule has 3 aromatic heterocycles. The van der Waals surface area contributed by atoms with Crippen molar-refractivity contribution >= 4 is 22.6 Å². The fraction of sp³-hybridized carbons (Fsp3) is 0. The number of amides is 1. The molecule has 0 spiro atoms. The molecule has 0 aliphatic heterocycles. The first kappa shape index (κ1) is 8.78. The summed E-state index contributed by atoms with van der Waals surface area (Å²) in [6, 6.07) is 5.17. The Morgan fingerprint density at radius 2 is 2.12 bits per heavy atom. The van der Waals surface area contributed by atoms with Crippen LogP contribution in [0.15, 0.2) is 30.6 Å². The third kappa shape index (κ3) is 1.07. The molecule has 0 saturated heterocycles. The third-order valence-electron chi connectivity index (χ3n) is 2.33. The molecule has 3 aromatic rings. The summed E-state index contributed by atoms with van der Waals surface area (Å²) in [6.07, 6.45) is 3.17. The van der Waals surface area contributed by atoms with Crippen molar-refractivity contribution in [3.63, 3.8) is 0 Å². The summed E-state index contributed by atoms with van der Waals surface area (Å²) < 4.78 is 1.42. The molecule has 0 aliphatic carbocycles. The van der Waals surface area contributed by atoms with E-state index < -0.39 is 5.91 Å². The first-order chi connectivity index (χ1) is 7.77. The van der Waals surface area contributed by atoms with Crippen LogP contribution >= 0.6 is 0 Å². The Morgan fingerprint density at radius 1 is 1.25 bits per heavy atom. The summed E-state index contributed by atoms with van der Waals surface area (Å²) in [5.74, 6) is -0.541. The highest BCUT2D eigenvalue weighted by Gasteiger charge is 2.12. The van der Waals surface area contributed by atoms with Gasteiger partial charge in [-0.1, -0.05) is 0 Å². The Morgan fingerprint density at radius 3 is 2.94 bits per heavy atom. The average molecular weight is 213 g/mol. The number of nitrogens with zero attached hydrogens (tertiary/aromatic N) is 4. The van der Waals surface area contributed by atoms with E-state index in [9.17, 15) is 4.79 Å². The van der Waals surface area contributed by atoms with Crippen molar-refractivity contribution in [2.45, 2.75) is 0 Å². The summed E-state index contributed by atoms with van der Waals surface area (Å²) >= 11 is 0. The van der Waals surface area contributed by atoms with Crippen LogP contribution in [0.1, 0.15) is 10.5 Å².